The van der Waals surface area contributed by atoms with Gasteiger partial charge in [0.2, 0.25) is 5.95 Å². The van der Waals surface area contributed by atoms with Crippen molar-refractivity contribution in [2.24, 2.45) is 0 Å². The minimum Gasteiger partial charge on any atom is -0.369 e. The van der Waals surface area contributed by atoms with Crippen molar-refractivity contribution >= 4 is 56.0 Å². The Bertz CT molecular complexity index is 1060. The smallest absolute Gasteiger partial charge is 0.231 e. The molecule has 4 aromatic rings. The molecule has 8 heteroatoms. The zero-order valence-electron chi connectivity index (χ0n) is 14.2. The number of nitrogens with two attached hydrogens (primary N) is 1. The Morgan fingerprint density at radius 2 is 1.96 bits per heavy atom. The van der Waals surface area contributed by atoms with Crippen molar-refractivity contribution in [1.29, 1.82) is 0 Å². The third-order valence-corrected chi connectivity index (χ3v) is 4.47. The van der Waals surface area contributed by atoms with E-state index >= 15 is 0 Å². The van der Waals surface area contributed by atoms with Gasteiger partial charge < -0.3 is 21.4 Å². The molecule has 0 saturated heterocycles. The van der Waals surface area contributed by atoms with Crippen molar-refractivity contribution in [2.45, 2.75) is 26.3 Å². The van der Waals surface area contributed by atoms with Crippen molar-refractivity contribution in [3.63, 3.8) is 0 Å². The summed E-state index contributed by atoms with van der Waals surface area (Å²) in [5.41, 5.74) is 7.79. The van der Waals surface area contributed by atoms with Crippen LogP contribution in [-0.4, -0.2) is 25.5 Å². The molecule has 0 amide bonds. The van der Waals surface area contributed by atoms with E-state index in [1.807, 2.05) is 6.07 Å². The van der Waals surface area contributed by atoms with Crippen molar-refractivity contribution in [3.8, 4) is 0 Å². The van der Waals surface area contributed by atoms with Gasteiger partial charge in [0.25, 0.3) is 0 Å². The Morgan fingerprint density at radius 1 is 1.12 bits per heavy atom. The van der Waals surface area contributed by atoms with Crippen LogP contribution in [0.25, 0.3) is 21.3 Å². The van der Waals surface area contributed by atoms with Crippen LogP contribution in [0.1, 0.15) is 20.8 Å². The van der Waals surface area contributed by atoms with Gasteiger partial charge in [-0.05, 0) is 55.8 Å². The van der Waals surface area contributed by atoms with Gasteiger partial charge in [-0.15, -0.1) is 11.3 Å². The summed E-state index contributed by atoms with van der Waals surface area (Å²) in [4.78, 5) is 16.3. The summed E-state index contributed by atoms with van der Waals surface area (Å²) < 4.78 is 1.25. The summed E-state index contributed by atoms with van der Waals surface area (Å²) in [6.45, 7) is 6.20. The maximum absolute atomic E-state index is 5.79. The highest BCUT2D eigenvalue weighted by atomic mass is 32.1. The molecule has 0 spiro atoms. The number of nitrogens with zero attached hydrogens (tertiary/aromatic N) is 3. The minimum atomic E-state index is -0.159. The van der Waals surface area contributed by atoms with E-state index in [1.165, 1.54) is 10.1 Å². The van der Waals surface area contributed by atoms with Crippen LogP contribution >= 0.6 is 11.3 Å². The molecular weight excluding hydrogens is 334 g/mol. The summed E-state index contributed by atoms with van der Waals surface area (Å²) >= 11 is 1.72. The maximum Gasteiger partial charge on any atom is 0.231 e. The van der Waals surface area contributed by atoms with Gasteiger partial charge in [-0.25, -0.2) is 0 Å². The second-order valence-electron chi connectivity index (χ2n) is 6.89. The molecule has 0 aliphatic rings. The van der Waals surface area contributed by atoms with Gasteiger partial charge in [-0.1, -0.05) is 0 Å². The third kappa shape index (κ3) is 3.20. The zero-order valence-corrected chi connectivity index (χ0v) is 15.0. The lowest BCUT2D eigenvalue weighted by molar-refractivity contribution is 0.631. The number of nitrogen functional groups attached to an aromatic ring is 1. The first-order valence-electron chi connectivity index (χ1n) is 7.93. The number of aromatic nitrogens is 4. The minimum absolute atomic E-state index is 0.159. The molecule has 0 fully saturated rings. The maximum atomic E-state index is 5.79. The topological polar surface area (TPSA) is 105 Å². The lowest BCUT2D eigenvalue weighted by Crippen LogP contribution is -2.27. The van der Waals surface area contributed by atoms with Gasteiger partial charge in [0, 0.05) is 15.9 Å². The number of benzene rings is 1. The van der Waals surface area contributed by atoms with Gasteiger partial charge in [0.15, 0.2) is 17.4 Å². The van der Waals surface area contributed by atoms with Crippen molar-refractivity contribution in [2.75, 3.05) is 16.4 Å². The molecule has 0 aliphatic heterocycles. The van der Waals surface area contributed by atoms with E-state index in [1.54, 1.807) is 11.3 Å². The molecule has 25 heavy (non-hydrogen) atoms. The van der Waals surface area contributed by atoms with Crippen LogP contribution in [0.3, 0.4) is 0 Å². The summed E-state index contributed by atoms with van der Waals surface area (Å²) in [6.07, 6.45) is 0. The first-order valence-corrected chi connectivity index (χ1v) is 8.81. The molecule has 1 aromatic carbocycles. The number of nitrogens with one attached hydrogen (secondary N) is 3. The van der Waals surface area contributed by atoms with Crippen LogP contribution in [0.2, 0.25) is 0 Å². The molecule has 128 valence electrons. The average molecular weight is 353 g/mol. The lowest BCUT2D eigenvalue weighted by Gasteiger charge is -2.21. The SMILES string of the molecule is CC(C)(C)Nc1nc(Nc2ccc3sccc3c2)nc2nc(N)[nH]c12. The van der Waals surface area contributed by atoms with Crippen LogP contribution in [0.5, 0.6) is 0 Å². The van der Waals surface area contributed by atoms with E-state index in [9.17, 15) is 0 Å². The fourth-order valence-corrected chi connectivity index (χ4v) is 3.36. The number of fused-ring (bicyclic) bond motifs is 2. The number of aromatic amines is 1. The van der Waals surface area contributed by atoms with E-state index < -0.39 is 0 Å². The fraction of sp³-hybridized carbons (Fsp3) is 0.235. The van der Waals surface area contributed by atoms with Gasteiger partial charge >= 0.3 is 0 Å². The lowest BCUT2D eigenvalue weighted by atomic mass is 10.1. The second kappa shape index (κ2) is 5.59. The molecule has 0 radical (unpaired) electrons. The molecule has 3 aromatic heterocycles. The van der Waals surface area contributed by atoms with Gasteiger partial charge in [0.05, 0.1) is 0 Å². The molecule has 0 saturated carbocycles. The van der Waals surface area contributed by atoms with Crippen LogP contribution < -0.4 is 16.4 Å². The van der Waals surface area contributed by atoms with Crippen LogP contribution in [0, 0.1) is 0 Å². The summed E-state index contributed by atoms with van der Waals surface area (Å²) in [6, 6.07) is 8.27. The highest BCUT2D eigenvalue weighted by Gasteiger charge is 2.17. The van der Waals surface area contributed by atoms with E-state index in [-0.39, 0.29) is 5.54 Å². The normalized spacial score (nSPS) is 12.0. The number of rotatable bonds is 3. The van der Waals surface area contributed by atoms with Gasteiger partial charge in [0.1, 0.15) is 5.52 Å². The predicted molar refractivity (Wildman–Crippen MR) is 105 cm³/mol. The molecule has 0 bridgehead atoms. The number of anilines is 4. The van der Waals surface area contributed by atoms with Crippen LogP contribution in [0.4, 0.5) is 23.4 Å². The highest BCUT2D eigenvalue weighted by molar-refractivity contribution is 7.17. The van der Waals surface area contributed by atoms with Gasteiger partial charge in [-0.3, -0.25) is 0 Å². The molecule has 3 heterocycles. The van der Waals surface area contributed by atoms with E-state index in [0.717, 1.165) is 5.69 Å². The Hall–Kier alpha value is -2.87. The van der Waals surface area contributed by atoms with E-state index in [2.05, 4.69) is 74.9 Å². The monoisotopic (exact) mass is 353 g/mol. The zero-order chi connectivity index (χ0) is 17.6. The van der Waals surface area contributed by atoms with Crippen molar-refractivity contribution in [3.05, 3.63) is 29.6 Å². The Morgan fingerprint density at radius 3 is 2.76 bits per heavy atom. The first kappa shape index (κ1) is 15.6. The molecule has 5 N–H and O–H groups in total. The number of thiophene rings is 1. The average Bonchev–Trinajstić information content (AvgIpc) is 3.10. The van der Waals surface area contributed by atoms with Crippen molar-refractivity contribution < 1.29 is 0 Å². The standard InChI is InChI=1S/C17H19N7S/c1-17(2,3)24-14-12-13(21-15(18)20-12)22-16(23-14)19-10-4-5-11-9(8-10)6-7-25-11/h4-8H,1-3H3,(H5,18,19,20,21,22,23,24). The Balaban J connectivity index is 1.75. The molecular formula is C17H19N7S. The van der Waals surface area contributed by atoms with Crippen LogP contribution in [0.15, 0.2) is 29.6 Å². The van der Waals surface area contributed by atoms with Crippen molar-refractivity contribution in [1.82, 2.24) is 19.9 Å². The molecule has 0 unspecified atom stereocenters. The molecule has 7 nitrogen and oxygen atoms in total. The fourth-order valence-electron chi connectivity index (χ4n) is 2.59. The Labute approximate surface area is 148 Å². The Kier molecular flexibility index (Phi) is 3.50. The van der Waals surface area contributed by atoms with Gasteiger partial charge in [-0.2, -0.15) is 15.0 Å². The summed E-state index contributed by atoms with van der Waals surface area (Å²) in [7, 11) is 0. The summed E-state index contributed by atoms with van der Waals surface area (Å²) in [5.74, 6) is 1.46. The second-order valence-corrected chi connectivity index (χ2v) is 7.84. The quantitative estimate of drug-likeness (QED) is 0.442. The number of H-pyrrole nitrogens is 1. The van der Waals surface area contributed by atoms with E-state index in [0.29, 0.717) is 28.9 Å². The summed E-state index contributed by atoms with van der Waals surface area (Å²) in [5, 5.41) is 9.90. The third-order valence-electron chi connectivity index (χ3n) is 3.57. The number of imidazole rings is 1. The molecule has 0 aliphatic carbocycles. The molecule has 0 atom stereocenters. The first-order chi connectivity index (χ1) is 11.9. The van der Waals surface area contributed by atoms with E-state index in [4.69, 9.17) is 5.73 Å². The highest BCUT2D eigenvalue weighted by Crippen LogP contribution is 2.27. The predicted octanol–water partition coefficient (Wildman–Crippen LogP) is 4.10. The molecule has 4 rings (SSSR count). The largest absolute Gasteiger partial charge is 0.369 e. The number of hydrogen-bond acceptors (Lipinski definition) is 7. The van der Waals surface area contributed by atoms with Crippen LogP contribution in [-0.2, 0) is 0 Å². The number of hydrogen-bond donors (Lipinski definition) is 4.